The van der Waals surface area contributed by atoms with Gasteiger partial charge in [-0.1, -0.05) is 29.8 Å². The molecule has 0 saturated carbocycles. The van der Waals surface area contributed by atoms with E-state index in [-0.39, 0.29) is 17.4 Å². The summed E-state index contributed by atoms with van der Waals surface area (Å²) >= 11 is 5.93. The summed E-state index contributed by atoms with van der Waals surface area (Å²) in [6.45, 7) is 0. The zero-order valence-corrected chi connectivity index (χ0v) is 13.1. The van der Waals surface area contributed by atoms with E-state index in [1.165, 1.54) is 16.7 Å². The molecule has 116 valence electrons. The van der Waals surface area contributed by atoms with Gasteiger partial charge in [0.05, 0.1) is 5.39 Å². The van der Waals surface area contributed by atoms with Crippen LogP contribution in [0.25, 0.3) is 21.9 Å². The Morgan fingerprint density at radius 1 is 1.13 bits per heavy atom. The molecule has 0 atom stereocenters. The van der Waals surface area contributed by atoms with Gasteiger partial charge in [0.15, 0.2) is 0 Å². The number of carbonyl (C=O) groups is 1. The van der Waals surface area contributed by atoms with Crippen LogP contribution < -0.4 is 5.56 Å². The van der Waals surface area contributed by atoms with E-state index < -0.39 is 5.82 Å². The minimum atomic E-state index is -0.472. The quantitative estimate of drug-likeness (QED) is 0.687. The summed E-state index contributed by atoms with van der Waals surface area (Å²) in [6.07, 6.45) is 0.848. The van der Waals surface area contributed by atoms with Crippen molar-refractivity contribution in [2.24, 2.45) is 7.05 Å². The second-order valence-corrected chi connectivity index (χ2v) is 5.69. The van der Waals surface area contributed by atoms with Crippen LogP contribution in [0, 0.1) is 5.82 Å². The summed E-state index contributed by atoms with van der Waals surface area (Å²) in [7, 11) is 1.59. The number of rotatable bonds is 3. The smallest absolute Gasteiger partial charge is 0.258 e. The van der Waals surface area contributed by atoms with Gasteiger partial charge in [-0.2, -0.15) is 0 Å². The van der Waals surface area contributed by atoms with Gasteiger partial charge in [0.2, 0.25) is 0 Å². The first-order valence-electron chi connectivity index (χ1n) is 7.03. The van der Waals surface area contributed by atoms with E-state index in [2.05, 4.69) is 0 Å². The van der Waals surface area contributed by atoms with Gasteiger partial charge in [0.25, 0.3) is 5.56 Å². The van der Waals surface area contributed by atoms with Gasteiger partial charge in [0, 0.05) is 29.7 Å². The highest BCUT2D eigenvalue weighted by molar-refractivity contribution is 6.30. The molecule has 3 rings (SSSR count). The molecule has 0 radical (unpaired) electrons. The first-order chi connectivity index (χ1) is 11.0. The molecule has 2 aromatic carbocycles. The number of pyridine rings is 1. The second-order valence-electron chi connectivity index (χ2n) is 5.25. The lowest BCUT2D eigenvalue weighted by atomic mass is 9.95. The van der Waals surface area contributed by atoms with Gasteiger partial charge in [-0.3, -0.25) is 4.79 Å². The molecule has 0 saturated heterocycles. The SMILES string of the molecule is Cn1c(CC=O)c(-c2ccc(Cl)cc2)c2ccc(F)cc2c1=O. The lowest BCUT2D eigenvalue weighted by Gasteiger charge is -2.16. The first kappa shape index (κ1) is 15.4. The number of aldehydes is 1. The van der Waals surface area contributed by atoms with Gasteiger partial charge in [0.1, 0.15) is 12.1 Å². The van der Waals surface area contributed by atoms with Crippen LogP contribution in [0.3, 0.4) is 0 Å². The van der Waals surface area contributed by atoms with Crippen molar-refractivity contribution in [3.63, 3.8) is 0 Å². The fourth-order valence-corrected chi connectivity index (χ4v) is 2.92. The van der Waals surface area contributed by atoms with Gasteiger partial charge in [-0.05, 0) is 35.2 Å². The topological polar surface area (TPSA) is 39.1 Å². The van der Waals surface area contributed by atoms with Gasteiger partial charge in [-0.15, -0.1) is 0 Å². The maximum absolute atomic E-state index is 13.6. The molecule has 0 bridgehead atoms. The molecule has 0 spiro atoms. The van der Waals surface area contributed by atoms with Crippen molar-refractivity contribution in [1.82, 2.24) is 4.57 Å². The van der Waals surface area contributed by atoms with Crippen LogP contribution in [-0.2, 0) is 18.3 Å². The third-order valence-electron chi connectivity index (χ3n) is 3.89. The Balaban J connectivity index is 2.48. The van der Waals surface area contributed by atoms with Gasteiger partial charge < -0.3 is 9.36 Å². The van der Waals surface area contributed by atoms with E-state index in [1.807, 2.05) is 12.1 Å². The molecule has 5 heteroatoms. The highest BCUT2D eigenvalue weighted by Gasteiger charge is 2.16. The van der Waals surface area contributed by atoms with Crippen molar-refractivity contribution in [2.45, 2.75) is 6.42 Å². The molecule has 0 amide bonds. The van der Waals surface area contributed by atoms with Crippen molar-refractivity contribution in [3.05, 3.63) is 69.4 Å². The number of halogens is 2. The van der Waals surface area contributed by atoms with Crippen LogP contribution in [-0.4, -0.2) is 10.9 Å². The molecule has 1 aromatic heterocycles. The summed E-state index contributed by atoms with van der Waals surface area (Å²) in [5, 5.41) is 1.49. The van der Waals surface area contributed by atoms with Crippen LogP contribution >= 0.6 is 11.6 Å². The Morgan fingerprint density at radius 2 is 1.83 bits per heavy atom. The summed E-state index contributed by atoms with van der Waals surface area (Å²) in [5.74, 6) is -0.472. The number of benzene rings is 2. The summed E-state index contributed by atoms with van der Waals surface area (Å²) < 4.78 is 15.0. The molecular formula is C18H13ClFNO2. The third-order valence-corrected chi connectivity index (χ3v) is 4.14. The monoisotopic (exact) mass is 329 g/mol. The van der Waals surface area contributed by atoms with Crippen LogP contribution in [0.4, 0.5) is 4.39 Å². The molecule has 23 heavy (non-hydrogen) atoms. The van der Waals surface area contributed by atoms with Crippen LogP contribution in [0.15, 0.2) is 47.3 Å². The van der Waals surface area contributed by atoms with E-state index in [1.54, 1.807) is 25.2 Å². The van der Waals surface area contributed by atoms with E-state index in [0.29, 0.717) is 16.1 Å². The normalized spacial score (nSPS) is 10.9. The summed E-state index contributed by atoms with van der Waals surface area (Å²) in [4.78, 5) is 23.5. The van der Waals surface area contributed by atoms with E-state index in [9.17, 15) is 14.0 Å². The van der Waals surface area contributed by atoms with Crippen LogP contribution in [0.2, 0.25) is 5.02 Å². The zero-order chi connectivity index (χ0) is 16.6. The Bertz CT molecular complexity index is 961. The number of hydrogen-bond donors (Lipinski definition) is 0. The third kappa shape index (κ3) is 2.66. The lowest BCUT2D eigenvalue weighted by molar-refractivity contribution is -0.107. The van der Waals surface area contributed by atoms with Crippen molar-refractivity contribution >= 4 is 28.7 Å². The van der Waals surface area contributed by atoms with Crippen LogP contribution in [0.1, 0.15) is 5.69 Å². The molecule has 0 N–H and O–H groups in total. The van der Waals surface area contributed by atoms with Crippen molar-refractivity contribution < 1.29 is 9.18 Å². The highest BCUT2D eigenvalue weighted by atomic mass is 35.5. The Hall–Kier alpha value is -2.46. The summed E-state index contributed by atoms with van der Waals surface area (Å²) in [6, 6.07) is 11.2. The molecule has 0 aliphatic rings. The lowest BCUT2D eigenvalue weighted by Crippen LogP contribution is -2.22. The average molecular weight is 330 g/mol. The minimum Gasteiger partial charge on any atom is -0.314 e. The van der Waals surface area contributed by atoms with E-state index >= 15 is 0 Å². The van der Waals surface area contributed by atoms with Crippen molar-refractivity contribution in [1.29, 1.82) is 0 Å². The fraction of sp³-hybridized carbons (Fsp3) is 0.111. The second kappa shape index (κ2) is 5.97. The Morgan fingerprint density at radius 3 is 2.48 bits per heavy atom. The predicted molar refractivity (Wildman–Crippen MR) is 89.4 cm³/mol. The molecule has 3 aromatic rings. The van der Waals surface area contributed by atoms with Gasteiger partial charge in [-0.25, -0.2) is 4.39 Å². The number of nitrogens with zero attached hydrogens (tertiary/aromatic N) is 1. The number of hydrogen-bond acceptors (Lipinski definition) is 2. The number of fused-ring (bicyclic) bond motifs is 1. The standard InChI is InChI=1S/C18H13ClFNO2/c1-21-16(8-9-22)17(11-2-4-12(19)5-3-11)14-7-6-13(20)10-15(14)18(21)23/h2-7,9-10H,8H2,1H3. The maximum atomic E-state index is 13.6. The van der Waals surface area contributed by atoms with Crippen molar-refractivity contribution in [3.8, 4) is 11.1 Å². The Kier molecular flexibility index (Phi) is 4.01. The van der Waals surface area contributed by atoms with Crippen LogP contribution in [0.5, 0.6) is 0 Å². The molecular weight excluding hydrogens is 317 g/mol. The first-order valence-corrected chi connectivity index (χ1v) is 7.41. The molecule has 3 nitrogen and oxygen atoms in total. The number of aromatic nitrogens is 1. The highest BCUT2D eigenvalue weighted by Crippen LogP contribution is 2.31. The predicted octanol–water partition coefficient (Wildman–Crippen LogP) is 3.74. The van der Waals surface area contributed by atoms with E-state index in [0.717, 1.165) is 17.4 Å². The fourth-order valence-electron chi connectivity index (χ4n) is 2.79. The molecule has 1 heterocycles. The van der Waals surface area contributed by atoms with E-state index in [4.69, 9.17) is 11.6 Å². The Labute approximate surface area is 136 Å². The molecule has 0 fully saturated rings. The molecule has 0 aliphatic heterocycles. The van der Waals surface area contributed by atoms with Crippen molar-refractivity contribution in [2.75, 3.05) is 0 Å². The minimum absolute atomic E-state index is 0.0943. The molecule has 0 aliphatic carbocycles. The zero-order valence-electron chi connectivity index (χ0n) is 12.3. The van der Waals surface area contributed by atoms with Gasteiger partial charge >= 0.3 is 0 Å². The number of carbonyl (C=O) groups excluding carboxylic acids is 1. The maximum Gasteiger partial charge on any atom is 0.258 e. The largest absolute Gasteiger partial charge is 0.314 e. The summed E-state index contributed by atoms with van der Waals surface area (Å²) in [5.41, 5.74) is 1.82. The average Bonchev–Trinajstić information content (AvgIpc) is 2.54. The molecule has 0 unspecified atom stereocenters.